The molecule has 0 aliphatic heterocycles. The van der Waals surface area contributed by atoms with Gasteiger partial charge in [0.05, 0.1) is 5.25 Å². The summed E-state index contributed by atoms with van der Waals surface area (Å²) < 4.78 is 17.1. The van der Waals surface area contributed by atoms with Crippen molar-refractivity contribution in [3.8, 4) is 11.1 Å². The number of aryl methyl sites for hydroxylation is 2. The molecule has 8 heteroatoms. The number of nitrogens with zero attached hydrogens (tertiary/aromatic N) is 2. The molecule has 0 fully saturated rings. The second kappa shape index (κ2) is 13.4. The smallest absolute Gasteiger partial charge is 0.205 e. The van der Waals surface area contributed by atoms with Crippen molar-refractivity contribution in [2.75, 3.05) is 6.54 Å². The maximum Gasteiger partial charge on any atom is 0.205 e. The van der Waals surface area contributed by atoms with Gasteiger partial charge in [-0.25, -0.2) is 4.39 Å². The Bertz CT molecular complexity index is 1190. The molecule has 0 bridgehead atoms. The first-order valence-electron chi connectivity index (χ1n) is 13.9. The van der Waals surface area contributed by atoms with E-state index in [4.69, 9.17) is 13.4 Å². The predicted molar refractivity (Wildman–Crippen MR) is 171 cm³/mol. The minimum absolute atomic E-state index is 0.0299. The largest absolute Gasteiger partial charge is 0.312 e. The predicted octanol–water partition coefficient (Wildman–Crippen LogP) is 7.62. The molecule has 4 nitrogen and oxygen atoms in total. The normalized spacial score (nSPS) is 16.7. The number of hydrogen-bond acceptors (Lipinski definition) is 5. The molecule has 1 aliphatic rings. The molecule has 1 aromatic carbocycles. The number of benzene rings is 1. The van der Waals surface area contributed by atoms with E-state index >= 15 is 4.39 Å². The first kappa shape index (κ1) is 32.0. The van der Waals surface area contributed by atoms with Crippen molar-refractivity contribution in [2.45, 2.75) is 97.3 Å². The van der Waals surface area contributed by atoms with Crippen LogP contribution in [-0.4, -0.2) is 40.5 Å². The molecular formula is C31H45BFN4PS. The van der Waals surface area contributed by atoms with Crippen molar-refractivity contribution in [3.63, 3.8) is 0 Å². The highest BCUT2D eigenvalue weighted by Gasteiger charge is 2.28. The van der Waals surface area contributed by atoms with Crippen LogP contribution in [-0.2, 0) is 19.3 Å². The van der Waals surface area contributed by atoms with Gasteiger partial charge in [0.25, 0.3) is 0 Å². The zero-order valence-electron chi connectivity index (χ0n) is 24.7. The van der Waals surface area contributed by atoms with Gasteiger partial charge in [0.1, 0.15) is 5.82 Å². The highest BCUT2D eigenvalue weighted by molar-refractivity contribution is 8.01. The number of nitrogens with one attached hydrogen (secondary N) is 2. The lowest BCUT2D eigenvalue weighted by atomic mass is 9.75. The van der Waals surface area contributed by atoms with Crippen LogP contribution in [0.2, 0.25) is 0 Å². The molecule has 3 atom stereocenters. The molecule has 0 saturated carbocycles. The van der Waals surface area contributed by atoms with Gasteiger partial charge in [-0.15, -0.1) is 0 Å². The van der Waals surface area contributed by atoms with Crippen molar-refractivity contribution < 1.29 is 4.39 Å². The highest BCUT2D eigenvalue weighted by Crippen LogP contribution is 2.42. The fourth-order valence-electron chi connectivity index (χ4n) is 5.45. The number of pyridine rings is 1. The topological polar surface area (TPSA) is 52.0 Å². The molecular weight excluding hydrogens is 521 g/mol. The summed E-state index contributed by atoms with van der Waals surface area (Å²) in [6, 6.07) is 6.33. The molecule has 1 heterocycles. The summed E-state index contributed by atoms with van der Waals surface area (Å²) in [6.07, 6.45) is 9.78. The molecule has 2 aromatic rings. The number of rotatable bonds is 12. The van der Waals surface area contributed by atoms with Gasteiger partial charge in [0, 0.05) is 36.1 Å². The highest BCUT2D eigenvalue weighted by atomic mass is 32.2. The first-order chi connectivity index (χ1) is 18.2. The maximum absolute atomic E-state index is 15.6. The average molecular weight is 567 g/mol. The van der Waals surface area contributed by atoms with Crippen LogP contribution in [0.25, 0.3) is 11.1 Å². The summed E-state index contributed by atoms with van der Waals surface area (Å²) >= 11 is 1.40. The Morgan fingerprint density at radius 3 is 2.64 bits per heavy atom. The SMILES string of the molecule is [B]N(P)SC(C=N)CNC(C)(C)CCc1cc(-c2cc(CC)c(F)c3c2CC(CC(C)(C)C)=CC3C)ccn1. The van der Waals surface area contributed by atoms with E-state index in [9.17, 15) is 0 Å². The van der Waals surface area contributed by atoms with Crippen molar-refractivity contribution in [1.29, 1.82) is 5.41 Å². The van der Waals surface area contributed by atoms with Crippen molar-refractivity contribution in [1.82, 2.24) is 14.3 Å². The Morgan fingerprint density at radius 1 is 1.31 bits per heavy atom. The zero-order valence-corrected chi connectivity index (χ0v) is 26.7. The summed E-state index contributed by atoms with van der Waals surface area (Å²) in [6.45, 7) is 16.0. The number of hydrogen-bond donors (Lipinski definition) is 2. The monoisotopic (exact) mass is 566 g/mol. The number of aromatic nitrogens is 1. The van der Waals surface area contributed by atoms with Gasteiger partial charge in [-0.1, -0.05) is 67.6 Å². The zero-order chi connectivity index (χ0) is 29.0. The van der Waals surface area contributed by atoms with Gasteiger partial charge in [-0.05, 0) is 97.4 Å². The van der Waals surface area contributed by atoms with Crippen molar-refractivity contribution >= 4 is 35.5 Å². The standard InChI is InChI=1S/C31H45BFN4PS/c1-8-22-16-26(27-14-21(17-30(3,4)5)13-20(2)28(27)29(22)33)23-10-12-35-24(15-23)9-11-31(6,7)36-19-25(18-34)39-37(32)38/h10,12-13,15-16,18,20,25,34,36H,8-9,11,14,17,19,38H2,1-7H3. The lowest BCUT2D eigenvalue weighted by Crippen LogP contribution is -2.43. The van der Waals surface area contributed by atoms with Crippen LogP contribution in [0, 0.1) is 16.6 Å². The van der Waals surface area contributed by atoms with Gasteiger partial charge in [-0.2, -0.15) is 0 Å². The summed E-state index contributed by atoms with van der Waals surface area (Å²) in [5.41, 5.74) is 7.53. The Labute approximate surface area is 243 Å². The van der Waals surface area contributed by atoms with E-state index in [1.165, 1.54) is 27.7 Å². The van der Waals surface area contributed by atoms with Gasteiger partial charge in [-0.3, -0.25) is 8.97 Å². The van der Waals surface area contributed by atoms with Crippen LogP contribution >= 0.6 is 21.3 Å². The molecule has 3 rings (SSSR count). The summed E-state index contributed by atoms with van der Waals surface area (Å²) in [5.74, 6) is 0.0304. The number of halogens is 1. The fourth-order valence-corrected chi connectivity index (χ4v) is 6.45. The van der Waals surface area contributed by atoms with E-state index < -0.39 is 0 Å². The van der Waals surface area contributed by atoms with E-state index in [1.807, 2.05) is 13.1 Å². The molecule has 39 heavy (non-hydrogen) atoms. The molecule has 210 valence electrons. The molecule has 2 N–H and O–H groups in total. The Kier molecular flexibility index (Phi) is 11.0. The van der Waals surface area contributed by atoms with Crippen LogP contribution in [0.5, 0.6) is 0 Å². The molecule has 3 unspecified atom stereocenters. The van der Waals surface area contributed by atoms with E-state index in [-0.39, 0.29) is 27.9 Å². The minimum atomic E-state index is -0.133. The van der Waals surface area contributed by atoms with E-state index in [0.29, 0.717) is 13.0 Å². The lowest BCUT2D eigenvalue weighted by molar-refractivity contribution is 0.368. The van der Waals surface area contributed by atoms with Crippen molar-refractivity contribution in [2.24, 2.45) is 5.41 Å². The fraction of sp³-hybridized carbons (Fsp3) is 0.548. The minimum Gasteiger partial charge on any atom is -0.312 e. The van der Waals surface area contributed by atoms with E-state index in [1.54, 1.807) is 0 Å². The quantitative estimate of drug-likeness (QED) is 0.0913. The van der Waals surface area contributed by atoms with Gasteiger partial charge in [0.2, 0.25) is 7.98 Å². The average Bonchev–Trinajstić information content (AvgIpc) is 2.84. The summed E-state index contributed by atoms with van der Waals surface area (Å²) in [7, 11) is 8.12. The lowest BCUT2D eigenvalue weighted by Gasteiger charge is -2.30. The molecule has 1 aliphatic carbocycles. The third-order valence-electron chi connectivity index (χ3n) is 7.33. The molecule has 2 radical (unpaired) electrons. The van der Waals surface area contributed by atoms with Crippen LogP contribution in [0.4, 0.5) is 4.39 Å². The van der Waals surface area contributed by atoms with Crippen LogP contribution < -0.4 is 5.32 Å². The van der Waals surface area contributed by atoms with Crippen LogP contribution in [0.3, 0.4) is 0 Å². The van der Waals surface area contributed by atoms with Crippen LogP contribution in [0.1, 0.15) is 89.6 Å². The number of fused-ring (bicyclic) bond motifs is 1. The molecule has 0 spiro atoms. The maximum atomic E-state index is 15.6. The Balaban J connectivity index is 1.85. The van der Waals surface area contributed by atoms with Gasteiger partial charge >= 0.3 is 0 Å². The summed E-state index contributed by atoms with van der Waals surface area (Å²) in [5, 5.41) is 11.2. The second-order valence-corrected chi connectivity index (χ2v) is 14.8. The molecule has 0 saturated heterocycles. The third kappa shape index (κ3) is 8.98. The van der Waals surface area contributed by atoms with Crippen molar-refractivity contribution in [3.05, 3.63) is 64.2 Å². The van der Waals surface area contributed by atoms with Gasteiger partial charge < -0.3 is 10.7 Å². The van der Waals surface area contributed by atoms with E-state index in [0.717, 1.165) is 59.2 Å². The molecule has 0 amide bonds. The summed E-state index contributed by atoms with van der Waals surface area (Å²) in [4.78, 5) is 4.69. The molecule has 1 aromatic heterocycles. The van der Waals surface area contributed by atoms with Gasteiger partial charge in [0.15, 0.2) is 0 Å². The number of allylic oxidation sites excluding steroid dienone is 2. The second-order valence-electron chi connectivity index (χ2n) is 12.6. The van der Waals surface area contributed by atoms with E-state index in [2.05, 4.69) is 85.5 Å². The Hall–Kier alpha value is -1.53. The first-order valence-corrected chi connectivity index (χ1v) is 15.3. The van der Waals surface area contributed by atoms with Crippen LogP contribution in [0.15, 0.2) is 36.0 Å². The third-order valence-corrected chi connectivity index (χ3v) is 8.51. The Morgan fingerprint density at radius 2 is 2.03 bits per heavy atom.